The Balaban J connectivity index is 1.73. The molecule has 24 heavy (non-hydrogen) atoms. The Morgan fingerprint density at radius 1 is 1.38 bits per heavy atom. The van der Waals surface area contributed by atoms with Crippen LogP contribution in [0.3, 0.4) is 0 Å². The molecule has 1 unspecified atom stereocenters. The monoisotopic (exact) mass is 342 g/mol. The number of hydrogen-bond donors (Lipinski definition) is 1. The van der Waals surface area contributed by atoms with Crippen LogP contribution < -0.4 is 5.56 Å². The van der Waals surface area contributed by atoms with Crippen LogP contribution >= 0.6 is 11.3 Å². The highest BCUT2D eigenvalue weighted by atomic mass is 32.1. The largest absolute Gasteiger partial charge is 0.329 e. The number of fused-ring (bicyclic) bond motifs is 1. The van der Waals surface area contributed by atoms with Crippen LogP contribution in [0.4, 0.5) is 0 Å². The van der Waals surface area contributed by atoms with Gasteiger partial charge < -0.3 is 9.88 Å². The summed E-state index contributed by atoms with van der Waals surface area (Å²) in [5.41, 5.74) is 0.640. The van der Waals surface area contributed by atoms with Gasteiger partial charge in [0.25, 0.3) is 11.5 Å². The van der Waals surface area contributed by atoms with Gasteiger partial charge in [-0.3, -0.25) is 14.0 Å². The minimum atomic E-state index is -0.124. The van der Waals surface area contributed by atoms with E-state index < -0.39 is 0 Å². The zero-order valence-electron chi connectivity index (χ0n) is 13.4. The third-order valence-corrected chi connectivity index (χ3v) is 5.48. The van der Waals surface area contributed by atoms with Gasteiger partial charge in [0.2, 0.25) is 5.78 Å². The van der Waals surface area contributed by atoms with Crippen molar-refractivity contribution in [3.05, 3.63) is 56.4 Å². The lowest BCUT2D eigenvalue weighted by Crippen LogP contribution is -2.39. The number of nitrogens with one attached hydrogen (secondary N) is 1. The minimum absolute atomic E-state index is 0.0434. The number of hydrogen-bond acceptors (Lipinski definition) is 4. The van der Waals surface area contributed by atoms with E-state index in [4.69, 9.17) is 0 Å². The van der Waals surface area contributed by atoms with E-state index in [2.05, 4.69) is 9.97 Å². The maximum Gasteiger partial charge on any atom is 0.264 e. The molecule has 1 aliphatic rings. The fraction of sp³-hybridized carbons (Fsp3) is 0.353. The first-order valence-corrected chi connectivity index (χ1v) is 8.89. The molecule has 124 valence electrons. The van der Waals surface area contributed by atoms with Gasteiger partial charge in [-0.15, -0.1) is 11.3 Å². The predicted octanol–water partition coefficient (Wildman–Crippen LogP) is 2.76. The standard InChI is InChI=1S/C17H18N4O2S/c1-11-5-6-14(24-11)16(23)20-8-3-2-4-13(20)12-10-15(22)21-9-7-18-17(21)19-12/h5-7,9-10,13H,2-4,8H2,1H3,(H,18,19). The summed E-state index contributed by atoms with van der Waals surface area (Å²) in [4.78, 5) is 36.3. The quantitative estimate of drug-likeness (QED) is 0.778. The second-order valence-electron chi connectivity index (χ2n) is 6.10. The molecule has 4 heterocycles. The molecule has 0 bridgehead atoms. The maximum absolute atomic E-state index is 12.9. The van der Waals surface area contributed by atoms with Gasteiger partial charge in [-0.25, -0.2) is 4.98 Å². The number of amides is 1. The van der Waals surface area contributed by atoms with Crippen molar-refractivity contribution in [2.24, 2.45) is 0 Å². The number of imidazole rings is 1. The molecule has 1 fully saturated rings. The number of aromatic amines is 1. The minimum Gasteiger partial charge on any atom is -0.329 e. The van der Waals surface area contributed by atoms with E-state index in [0.29, 0.717) is 12.3 Å². The number of piperidine rings is 1. The molecule has 1 atom stereocenters. The number of aryl methyl sites for hydroxylation is 1. The van der Waals surface area contributed by atoms with Crippen LogP contribution in [0.2, 0.25) is 0 Å². The number of carbonyl (C=O) groups is 1. The summed E-state index contributed by atoms with van der Waals surface area (Å²) in [5, 5.41) is 0. The third-order valence-electron chi connectivity index (χ3n) is 4.49. The molecule has 7 heteroatoms. The first kappa shape index (κ1) is 15.1. The smallest absolute Gasteiger partial charge is 0.264 e. The fourth-order valence-electron chi connectivity index (χ4n) is 3.31. The van der Waals surface area contributed by atoms with Gasteiger partial charge >= 0.3 is 0 Å². The molecule has 3 aromatic heterocycles. The van der Waals surface area contributed by atoms with Gasteiger partial charge in [-0.1, -0.05) is 0 Å². The first-order chi connectivity index (χ1) is 11.6. The predicted molar refractivity (Wildman–Crippen MR) is 92.5 cm³/mol. The molecule has 0 saturated carbocycles. The summed E-state index contributed by atoms with van der Waals surface area (Å²) in [6, 6.07) is 5.33. The van der Waals surface area contributed by atoms with Crippen LogP contribution in [0.1, 0.15) is 45.5 Å². The molecular weight excluding hydrogens is 324 g/mol. The summed E-state index contributed by atoms with van der Waals surface area (Å²) in [6.45, 7) is 2.71. The van der Waals surface area contributed by atoms with E-state index in [-0.39, 0.29) is 17.5 Å². The van der Waals surface area contributed by atoms with Crippen LogP contribution in [0.25, 0.3) is 5.78 Å². The Labute approximate surface area is 142 Å². The van der Waals surface area contributed by atoms with E-state index in [1.807, 2.05) is 24.0 Å². The summed E-state index contributed by atoms with van der Waals surface area (Å²) < 4.78 is 1.47. The second kappa shape index (κ2) is 5.90. The van der Waals surface area contributed by atoms with Gasteiger partial charge in [0.05, 0.1) is 10.9 Å². The van der Waals surface area contributed by atoms with Crippen molar-refractivity contribution in [1.82, 2.24) is 19.3 Å². The number of carbonyl (C=O) groups excluding carboxylic acids is 1. The molecule has 1 saturated heterocycles. The second-order valence-corrected chi connectivity index (χ2v) is 7.39. The first-order valence-electron chi connectivity index (χ1n) is 8.07. The lowest BCUT2D eigenvalue weighted by atomic mass is 9.98. The van der Waals surface area contributed by atoms with Crippen LogP contribution in [0.5, 0.6) is 0 Å². The average molecular weight is 342 g/mol. The summed E-state index contributed by atoms with van der Waals surface area (Å²) in [5.74, 6) is 0.560. The molecular formula is C17H18N4O2S. The van der Waals surface area contributed by atoms with Gasteiger partial charge in [0.15, 0.2) is 0 Å². The van der Waals surface area contributed by atoms with Crippen molar-refractivity contribution in [2.75, 3.05) is 6.54 Å². The lowest BCUT2D eigenvalue weighted by molar-refractivity contribution is 0.0611. The van der Waals surface area contributed by atoms with Crippen LogP contribution in [-0.2, 0) is 0 Å². The Hall–Kier alpha value is -2.41. The van der Waals surface area contributed by atoms with Crippen molar-refractivity contribution in [3.8, 4) is 0 Å². The molecule has 3 aromatic rings. The maximum atomic E-state index is 12.9. The molecule has 1 amide bonds. The Morgan fingerprint density at radius 2 is 2.25 bits per heavy atom. The normalized spacial score (nSPS) is 18.2. The fourth-order valence-corrected chi connectivity index (χ4v) is 4.13. The topological polar surface area (TPSA) is 70.5 Å². The number of rotatable bonds is 2. The Morgan fingerprint density at radius 3 is 3.04 bits per heavy atom. The zero-order chi connectivity index (χ0) is 16.7. The summed E-state index contributed by atoms with van der Waals surface area (Å²) in [6.07, 6.45) is 6.11. The van der Waals surface area contributed by atoms with Crippen LogP contribution in [0, 0.1) is 6.92 Å². The number of thiophene rings is 1. The van der Waals surface area contributed by atoms with Gasteiger partial charge in [0, 0.05) is 35.6 Å². The molecule has 0 aliphatic carbocycles. The number of H-pyrrole nitrogens is 1. The molecule has 0 spiro atoms. The van der Waals surface area contributed by atoms with Crippen molar-refractivity contribution in [1.29, 1.82) is 0 Å². The van der Waals surface area contributed by atoms with E-state index in [9.17, 15) is 9.59 Å². The highest BCUT2D eigenvalue weighted by molar-refractivity contribution is 7.13. The van der Waals surface area contributed by atoms with E-state index >= 15 is 0 Å². The molecule has 0 aromatic carbocycles. The van der Waals surface area contributed by atoms with E-state index in [0.717, 1.165) is 34.7 Å². The van der Waals surface area contributed by atoms with Crippen LogP contribution in [-0.4, -0.2) is 31.7 Å². The SMILES string of the molecule is Cc1ccc(C(=O)N2CCCCC2c2cc(=O)n3ccnc3[nH]2)s1. The van der Waals surface area contributed by atoms with Crippen molar-refractivity contribution in [3.63, 3.8) is 0 Å². The number of likely N-dealkylation sites (tertiary alicyclic amines) is 1. The molecule has 4 rings (SSSR count). The zero-order valence-corrected chi connectivity index (χ0v) is 14.2. The number of nitrogens with zero attached hydrogens (tertiary/aromatic N) is 3. The number of aromatic nitrogens is 3. The summed E-state index contributed by atoms with van der Waals surface area (Å²) in [7, 11) is 0. The molecule has 6 nitrogen and oxygen atoms in total. The van der Waals surface area contributed by atoms with E-state index in [1.54, 1.807) is 18.5 Å². The Bertz CT molecular complexity index is 955. The average Bonchev–Trinajstić information content (AvgIpc) is 3.23. The highest BCUT2D eigenvalue weighted by Gasteiger charge is 2.30. The third kappa shape index (κ3) is 2.54. The van der Waals surface area contributed by atoms with Gasteiger partial charge in [0.1, 0.15) is 0 Å². The van der Waals surface area contributed by atoms with Crippen molar-refractivity contribution in [2.45, 2.75) is 32.2 Å². The van der Waals surface area contributed by atoms with Crippen molar-refractivity contribution < 1.29 is 4.79 Å². The van der Waals surface area contributed by atoms with Crippen LogP contribution in [0.15, 0.2) is 35.4 Å². The summed E-state index contributed by atoms with van der Waals surface area (Å²) >= 11 is 1.51. The highest BCUT2D eigenvalue weighted by Crippen LogP contribution is 2.32. The van der Waals surface area contributed by atoms with E-state index in [1.165, 1.54) is 15.7 Å². The van der Waals surface area contributed by atoms with Gasteiger partial charge in [-0.05, 0) is 38.3 Å². The molecule has 1 N–H and O–H groups in total. The van der Waals surface area contributed by atoms with Crippen molar-refractivity contribution >= 4 is 23.0 Å². The lowest BCUT2D eigenvalue weighted by Gasteiger charge is -2.35. The Kier molecular flexibility index (Phi) is 3.72. The molecule has 1 aliphatic heterocycles. The molecule has 0 radical (unpaired) electrons. The van der Waals surface area contributed by atoms with Gasteiger partial charge in [-0.2, -0.15) is 0 Å².